The van der Waals surface area contributed by atoms with Crippen molar-refractivity contribution >= 4 is 40.4 Å². The Morgan fingerprint density at radius 2 is 0.469 bits per heavy atom. The van der Waals surface area contributed by atoms with Crippen molar-refractivity contribution in [2.24, 2.45) is 0 Å². The Hall–Kier alpha value is -0.791. The van der Waals surface area contributed by atoms with Gasteiger partial charge in [-0.3, -0.25) is 14.4 Å². The number of carboxylic acid groups (broad SMARTS) is 3. The molecule has 0 aliphatic carbocycles. The van der Waals surface area contributed by atoms with E-state index in [1.165, 1.54) is 187 Å². The van der Waals surface area contributed by atoms with Gasteiger partial charge < -0.3 is 15.3 Å². The molecule has 7 heteroatoms. The van der Waals surface area contributed by atoms with E-state index in [2.05, 4.69) is 27.7 Å². The predicted octanol–water partition coefficient (Wildman–Crippen LogP) is 13.9. The molecule has 0 aliphatic rings. The van der Waals surface area contributed by atoms with Crippen molar-refractivity contribution in [2.45, 2.75) is 250 Å². The minimum atomic E-state index is -0.659. The first-order valence-electron chi connectivity index (χ1n) is 21.1. The standard InChI is InChI=1S/3C12H24O2.C6H13.Sn.H/c3*1-2-3-4-5-6-7-8-9-10-11-12(13)14;1-3-5-6-4-2;;/h3*2-11H2,1H3,(H,13,14);1,3-6H2,2H3;;. The van der Waals surface area contributed by atoms with E-state index < -0.39 is 17.9 Å². The molecule has 0 saturated heterocycles. The summed E-state index contributed by atoms with van der Waals surface area (Å²) in [5, 5.41) is 25.2. The molecule has 3 N–H and O–H groups in total. The number of carboxylic acids is 3. The van der Waals surface area contributed by atoms with Crippen LogP contribution in [0.15, 0.2) is 0 Å². The maximum atomic E-state index is 10.2. The number of rotatable bonds is 34. The molecular weight excluding hydrogens is 719 g/mol. The van der Waals surface area contributed by atoms with E-state index in [-0.39, 0.29) is 0 Å². The topological polar surface area (TPSA) is 112 Å². The second-order valence-corrected chi connectivity index (χ2v) is 15.4. The molecule has 0 bridgehead atoms. The Labute approximate surface area is 319 Å². The number of hydrogen-bond donors (Lipinski definition) is 3. The van der Waals surface area contributed by atoms with Crippen molar-refractivity contribution in [3.63, 3.8) is 0 Å². The van der Waals surface area contributed by atoms with Crippen LogP contribution in [0.1, 0.15) is 246 Å². The molecule has 49 heavy (non-hydrogen) atoms. The molecule has 294 valence electrons. The predicted molar refractivity (Wildman–Crippen MR) is 215 cm³/mol. The molecule has 0 rings (SSSR count). The molecule has 0 heterocycles. The average molecular weight is 806 g/mol. The Balaban J connectivity index is -0.000000283. The van der Waals surface area contributed by atoms with E-state index in [0.29, 0.717) is 19.3 Å². The number of hydrogen-bond acceptors (Lipinski definition) is 3. The molecule has 0 aromatic heterocycles. The van der Waals surface area contributed by atoms with Gasteiger partial charge >= 0.3 is 77.5 Å². The summed E-state index contributed by atoms with van der Waals surface area (Å²) in [5.74, 6) is -1.98. The van der Waals surface area contributed by atoms with Gasteiger partial charge in [0.15, 0.2) is 0 Å². The third kappa shape index (κ3) is 73.6. The second kappa shape index (κ2) is 54.0. The van der Waals surface area contributed by atoms with E-state index in [0.717, 1.165) is 38.5 Å². The number of carbonyl (C=O) groups is 3. The van der Waals surface area contributed by atoms with Gasteiger partial charge in [-0.25, -0.2) is 0 Å². The zero-order valence-electron chi connectivity index (χ0n) is 33.4. The minimum absolute atomic E-state index is 0.343. The van der Waals surface area contributed by atoms with Crippen molar-refractivity contribution in [2.75, 3.05) is 0 Å². The van der Waals surface area contributed by atoms with Gasteiger partial charge in [0.1, 0.15) is 0 Å². The van der Waals surface area contributed by atoms with Gasteiger partial charge in [-0.15, -0.1) is 0 Å². The molecule has 0 unspecified atom stereocenters. The van der Waals surface area contributed by atoms with Crippen molar-refractivity contribution in [1.29, 1.82) is 0 Å². The fourth-order valence-electron chi connectivity index (χ4n) is 5.33. The van der Waals surface area contributed by atoms with Crippen LogP contribution in [0.25, 0.3) is 0 Å². The molecule has 0 aromatic carbocycles. The average Bonchev–Trinajstić information content (AvgIpc) is 3.07. The van der Waals surface area contributed by atoms with Crippen LogP contribution in [0.4, 0.5) is 0 Å². The fraction of sp³-hybridized carbons (Fsp3) is 0.929. The summed E-state index contributed by atoms with van der Waals surface area (Å²) >= 11 is 1.46. The van der Waals surface area contributed by atoms with Crippen LogP contribution < -0.4 is 0 Å². The van der Waals surface area contributed by atoms with E-state index in [9.17, 15) is 14.4 Å². The van der Waals surface area contributed by atoms with Gasteiger partial charge in [0.2, 0.25) is 0 Å². The van der Waals surface area contributed by atoms with Crippen LogP contribution >= 0.6 is 0 Å². The Morgan fingerprint density at radius 3 is 0.633 bits per heavy atom. The van der Waals surface area contributed by atoms with Crippen molar-refractivity contribution in [1.82, 2.24) is 0 Å². The van der Waals surface area contributed by atoms with Crippen LogP contribution in [-0.2, 0) is 14.4 Å². The maximum absolute atomic E-state index is 10.2. The van der Waals surface area contributed by atoms with Gasteiger partial charge in [-0.2, -0.15) is 0 Å². The molecule has 0 fully saturated rings. The first-order valence-corrected chi connectivity index (χ1v) is 23.4. The Kier molecular flexibility index (Phi) is 60.6. The monoisotopic (exact) mass is 807 g/mol. The Bertz CT molecular complexity index is 548. The molecule has 0 aliphatic heterocycles. The van der Waals surface area contributed by atoms with Gasteiger partial charge in [-0.05, 0) is 19.3 Å². The summed E-state index contributed by atoms with van der Waals surface area (Å²) in [4.78, 5) is 30.6. The Morgan fingerprint density at radius 1 is 0.306 bits per heavy atom. The molecule has 6 nitrogen and oxygen atoms in total. The first kappa shape index (κ1) is 55.0. The van der Waals surface area contributed by atoms with Crippen molar-refractivity contribution in [3.8, 4) is 0 Å². The van der Waals surface area contributed by atoms with Crippen LogP contribution in [0.5, 0.6) is 0 Å². The third-order valence-corrected chi connectivity index (χ3v) is 9.71. The summed E-state index contributed by atoms with van der Waals surface area (Å²) in [6, 6.07) is 0. The van der Waals surface area contributed by atoms with Gasteiger partial charge in [0.05, 0.1) is 0 Å². The molecule has 2 radical (unpaired) electrons. The summed E-state index contributed by atoms with van der Waals surface area (Å²) < 4.78 is 1.49. The summed E-state index contributed by atoms with van der Waals surface area (Å²) in [6.45, 7) is 8.94. The number of unbranched alkanes of at least 4 members (excludes halogenated alkanes) is 27. The van der Waals surface area contributed by atoms with Crippen LogP contribution in [0, 0.1) is 0 Å². The zero-order valence-corrected chi connectivity index (χ0v) is 36.7. The van der Waals surface area contributed by atoms with Gasteiger partial charge in [0.25, 0.3) is 0 Å². The quantitative estimate of drug-likeness (QED) is 0.0441. The number of aliphatic carboxylic acids is 3. The molecule has 0 aromatic rings. The molecular formula is C42H86O6Sn. The van der Waals surface area contributed by atoms with Gasteiger partial charge in [-0.1, -0.05) is 175 Å². The van der Waals surface area contributed by atoms with Crippen LogP contribution in [-0.4, -0.2) is 55.8 Å². The summed E-state index contributed by atoms with van der Waals surface area (Å²) in [6.07, 6.45) is 40.2. The van der Waals surface area contributed by atoms with E-state index in [1.807, 2.05) is 0 Å². The molecule has 0 amide bonds. The normalized spacial score (nSPS) is 10.2. The van der Waals surface area contributed by atoms with E-state index >= 15 is 0 Å². The molecule has 0 saturated carbocycles. The van der Waals surface area contributed by atoms with Crippen LogP contribution in [0.3, 0.4) is 0 Å². The first-order chi connectivity index (χ1) is 23.7. The van der Waals surface area contributed by atoms with E-state index in [1.54, 1.807) is 0 Å². The SMILES string of the molecule is CCCCCCCCCCCC(=O)O.CCCCCCCCCCCC(=O)O.CCCCCCCCCCCC(=O)O.CCCCC[CH2][SnH]. The summed E-state index contributed by atoms with van der Waals surface area (Å²) in [5.41, 5.74) is 0. The fourth-order valence-corrected chi connectivity index (χ4v) is 6.16. The molecule has 0 atom stereocenters. The second-order valence-electron chi connectivity index (χ2n) is 13.8. The zero-order chi connectivity index (χ0) is 37.5. The third-order valence-electron chi connectivity index (χ3n) is 8.54. The van der Waals surface area contributed by atoms with Crippen molar-refractivity contribution in [3.05, 3.63) is 0 Å². The van der Waals surface area contributed by atoms with Crippen molar-refractivity contribution < 1.29 is 29.7 Å². The summed E-state index contributed by atoms with van der Waals surface area (Å²) in [7, 11) is 0. The van der Waals surface area contributed by atoms with E-state index in [4.69, 9.17) is 15.3 Å². The van der Waals surface area contributed by atoms with Crippen LogP contribution in [0.2, 0.25) is 4.44 Å². The van der Waals surface area contributed by atoms with Gasteiger partial charge in [0, 0.05) is 19.3 Å². The molecule has 0 spiro atoms.